The van der Waals surface area contributed by atoms with Gasteiger partial charge in [-0.25, -0.2) is 4.79 Å². The fourth-order valence-corrected chi connectivity index (χ4v) is 2.72. The zero-order valence-corrected chi connectivity index (χ0v) is 11.6. The summed E-state index contributed by atoms with van der Waals surface area (Å²) in [5.74, 6) is -1.00. The number of nitrogens with one attached hydrogen (secondary N) is 3. The van der Waals surface area contributed by atoms with Crippen molar-refractivity contribution in [3.05, 3.63) is 0 Å². The van der Waals surface area contributed by atoms with Crippen molar-refractivity contribution in [2.45, 2.75) is 44.2 Å². The molecule has 0 bridgehead atoms. The highest BCUT2D eigenvalue weighted by atomic mass is 16.4. The van der Waals surface area contributed by atoms with Crippen molar-refractivity contribution in [3.63, 3.8) is 0 Å². The average Bonchev–Trinajstić information content (AvgIpc) is 2.42. The molecule has 1 atom stereocenters. The fraction of sp³-hybridized carbons (Fsp3) is 0.769. The van der Waals surface area contributed by atoms with E-state index in [-0.39, 0.29) is 24.9 Å². The molecule has 7 heteroatoms. The molecule has 0 radical (unpaired) electrons. The van der Waals surface area contributed by atoms with E-state index in [1.807, 2.05) is 0 Å². The molecule has 0 aromatic rings. The van der Waals surface area contributed by atoms with E-state index >= 15 is 0 Å². The Bertz CT molecular complexity index is 406. The first-order valence-corrected chi connectivity index (χ1v) is 6.98. The normalized spacial score (nSPS) is 34.1. The highest BCUT2D eigenvalue weighted by Gasteiger charge is 2.43. The Morgan fingerprint density at radius 1 is 1.35 bits per heavy atom. The van der Waals surface area contributed by atoms with Crippen molar-refractivity contribution in [1.29, 1.82) is 0 Å². The third kappa shape index (κ3) is 3.09. The second-order valence-electron chi connectivity index (χ2n) is 5.80. The van der Waals surface area contributed by atoms with Crippen molar-refractivity contribution >= 4 is 17.8 Å². The van der Waals surface area contributed by atoms with E-state index in [1.54, 1.807) is 0 Å². The summed E-state index contributed by atoms with van der Waals surface area (Å²) in [7, 11) is 0. The summed E-state index contributed by atoms with van der Waals surface area (Å²) in [6.45, 7) is 2.36. The lowest BCUT2D eigenvalue weighted by molar-refractivity contribution is -0.150. The lowest BCUT2D eigenvalue weighted by atomic mass is 9.77. The molecule has 7 nitrogen and oxygen atoms in total. The van der Waals surface area contributed by atoms with Crippen LogP contribution in [0.25, 0.3) is 0 Å². The van der Waals surface area contributed by atoms with E-state index in [2.05, 4.69) is 22.9 Å². The van der Waals surface area contributed by atoms with Gasteiger partial charge in [-0.2, -0.15) is 0 Å². The van der Waals surface area contributed by atoms with Crippen LogP contribution >= 0.6 is 0 Å². The van der Waals surface area contributed by atoms with Crippen LogP contribution in [0.4, 0.5) is 0 Å². The number of carbonyl (C=O) groups excluding carboxylic acids is 2. The molecule has 1 unspecified atom stereocenters. The van der Waals surface area contributed by atoms with E-state index in [4.69, 9.17) is 0 Å². The van der Waals surface area contributed by atoms with Gasteiger partial charge in [0.05, 0.1) is 6.54 Å². The highest BCUT2D eigenvalue weighted by molar-refractivity contribution is 5.91. The average molecular weight is 283 g/mol. The zero-order valence-electron chi connectivity index (χ0n) is 11.6. The largest absolute Gasteiger partial charge is 0.480 e. The lowest BCUT2D eigenvalue weighted by Crippen LogP contribution is -2.64. The van der Waals surface area contributed by atoms with E-state index in [1.165, 1.54) is 0 Å². The summed E-state index contributed by atoms with van der Waals surface area (Å²) in [5.41, 5.74) is -1.16. The van der Waals surface area contributed by atoms with E-state index in [9.17, 15) is 19.5 Å². The first-order chi connectivity index (χ1) is 9.43. The number of piperazine rings is 1. The summed E-state index contributed by atoms with van der Waals surface area (Å²) in [4.78, 5) is 34.8. The minimum atomic E-state index is -1.16. The van der Waals surface area contributed by atoms with Gasteiger partial charge in [-0.1, -0.05) is 6.92 Å². The van der Waals surface area contributed by atoms with Gasteiger partial charge in [0, 0.05) is 6.54 Å². The maximum Gasteiger partial charge on any atom is 0.329 e. The van der Waals surface area contributed by atoms with Crippen LogP contribution in [0.15, 0.2) is 0 Å². The number of rotatable bonds is 3. The number of hydrogen-bond acceptors (Lipinski definition) is 4. The molecule has 1 aliphatic heterocycles. The molecule has 1 saturated carbocycles. The molecule has 20 heavy (non-hydrogen) atoms. The number of amides is 2. The maximum atomic E-state index is 12.2. The van der Waals surface area contributed by atoms with Crippen molar-refractivity contribution in [3.8, 4) is 0 Å². The van der Waals surface area contributed by atoms with Gasteiger partial charge in [-0.05, 0) is 31.6 Å². The van der Waals surface area contributed by atoms with Crippen LogP contribution in [0.2, 0.25) is 0 Å². The van der Waals surface area contributed by atoms with E-state index in [0.29, 0.717) is 18.8 Å². The SMILES string of the molecule is CC1CCC(NC(=O)C2CNC(=O)CN2)(C(=O)O)CC1. The Hall–Kier alpha value is -1.63. The molecule has 2 amide bonds. The Balaban J connectivity index is 1.99. The number of carboxylic acids is 1. The summed E-state index contributed by atoms with van der Waals surface area (Å²) < 4.78 is 0. The van der Waals surface area contributed by atoms with Crippen molar-refractivity contribution in [1.82, 2.24) is 16.0 Å². The molecule has 1 aliphatic carbocycles. The summed E-state index contributed by atoms with van der Waals surface area (Å²) in [5, 5.41) is 17.5. The fourth-order valence-electron chi connectivity index (χ4n) is 2.72. The van der Waals surface area contributed by atoms with Gasteiger partial charge in [0.15, 0.2) is 0 Å². The van der Waals surface area contributed by atoms with Crippen molar-refractivity contribution in [2.24, 2.45) is 5.92 Å². The standard InChI is InChI=1S/C13H21N3O4/c1-8-2-4-13(5-3-8,12(19)20)16-11(18)9-6-15-10(17)7-14-9/h8-9,14H,2-7H2,1H3,(H,15,17)(H,16,18)(H,19,20). The van der Waals surface area contributed by atoms with Crippen LogP contribution < -0.4 is 16.0 Å². The molecule has 1 saturated heterocycles. The molecule has 1 heterocycles. The minimum absolute atomic E-state index is 0.0786. The molecule has 112 valence electrons. The van der Waals surface area contributed by atoms with Crippen LogP contribution in [0.3, 0.4) is 0 Å². The molecule has 0 spiro atoms. The zero-order chi connectivity index (χ0) is 14.8. The Labute approximate surface area is 117 Å². The van der Waals surface area contributed by atoms with Crippen LogP contribution in [0.5, 0.6) is 0 Å². The molecular formula is C13H21N3O4. The van der Waals surface area contributed by atoms with Crippen LogP contribution in [-0.4, -0.2) is 47.6 Å². The smallest absolute Gasteiger partial charge is 0.329 e. The van der Waals surface area contributed by atoms with Crippen molar-refractivity contribution < 1.29 is 19.5 Å². The van der Waals surface area contributed by atoms with Crippen LogP contribution in [0, 0.1) is 5.92 Å². The Morgan fingerprint density at radius 3 is 2.50 bits per heavy atom. The Kier molecular flexibility index (Phi) is 4.27. The minimum Gasteiger partial charge on any atom is -0.480 e. The van der Waals surface area contributed by atoms with Gasteiger partial charge in [-0.3, -0.25) is 14.9 Å². The number of aliphatic carboxylic acids is 1. The highest BCUT2D eigenvalue weighted by Crippen LogP contribution is 2.32. The van der Waals surface area contributed by atoms with Gasteiger partial charge < -0.3 is 15.7 Å². The van der Waals surface area contributed by atoms with Gasteiger partial charge in [0.1, 0.15) is 11.6 Å². The summed E-state index contributed by atoms with van der Waals surface area (Å²) in [6, 6.07) is -0.566. The Morgan fingerprint density at radius 2 is 2.00 bits per heavy atom. The lowest BCUT2D eigenvalue weighted by Gasteiger charge is -2.37. The predicted octanol–water partition coefficient (Wildman–Crippen LogP) is -0.776. The summed E-state index contributed by atoms with van der Waals surface area (Å²) >= 11 is 0. The first-order valence-electron chi connectivity index (χ1n) is 6.98. The third-order valence-electron chi connectivity index (χ3n) is 4.23. The quantitative estimate of drug-likeness (QED) is 0.544. The third-order valence-corrected chi connectivity index (χ3v) is 4.23. The molecule has 0 aromatic carbocycles. The molecule has 2 aliphatic rings. The molecule has 4 N–H and O–H groups in total. The van der Waals surface area contributed by atoms with Gasteiger partial charge in [0.2, 0.25) is 11.8 Å². The molecule has 2 fully saturated rings. The summed E-state index contributed by atoms with van der Waals surface area (Å²) in [6.07, 6.45) is 2.49. The second kappa shape index (κ2) is 5.78. The van der Waals surface area contributed by atoms with Crippen LogP contribution in [-0.2, 0) is 14.4 Å². The monoisotopic (exact) mass is 283 g/mol. The topological polar surface area (TPSA) is 108 Å². The van der Waals surface area contributed by atoms with E-state index in [0.717, 1.165) is 12.8 Å². The maximum absolute atomic E-state index is 12.2. The molecular weight excluding hydrogens is 262 g/mol. The number of hydrogen-bond donors (Lipinski definition) is 4. The van der Waals surface area contributed by atoms with E-state index < -0.39 is 17.6 Å². The van der Waals surface area contributed by atoms with Crippen molar-refractivity contribution in [2.75, 3.05) is 13.1 Å². The second-order valence-corrected chi connectivity index (χ2v) is 5.80. The predicted molar refractivity (Wildman–Crippen MR) is 70.9 cm³/mol. The molecule has 0 aromatic heterocycles. The first kappa shape index (κ1) is 14.8. The number of carboxylic acid groups (broad SMARTS) is 1. The van der Waals surface area contributed by atoms with Gasteiger partial charge in [-0.15, -0.1) is 0 Å². The molecule has 2 rings (SSSR count). The number of carbonyl (C=O) groups is 3. The van der Waals surface area contributed by atoms with Crippen LogP contribution in [0.1, 0.15) is 32.6 Å². The van der Waals surface area contributed by atoms with Gasteiger partial charge in [0.25, 0.3) is 0 Å². The van der Waals surface area contributed by atoms with Gasteiger partial charge >= 0.3 is 5.97 Å².